The van der Waals surface area contributed by atoms with E-state index >= 15 is 0 Å². The van der Waals surface area contributed by atoms with E-state index in [-0.39, 0.29) is 5.91 Å². The Kier molecular flexibility index (Phi) is 11.6. The van der Waals surface area contributed by atoms with Crippen molar-refractivity contribution in [2.75, 3.05) is 63.1 Å². The third-order valence-corrected chi connectivity index (χ3v) is 6.33. The van der Waals surface area contributed by atoms with Crippen molar-refractivity contribution in [3.63, 3.8) is 0 Å². The summed E-state index contributed by atoms with van der Waals surface area (Å²) in [5.74, 6) is 0.749. The van der Waals surface area contributed by atoms with Crippen molar-refractivity contribution < 1.29 is 22.5 Å². The van der Waals surface area contributed by atoms with Gasteiger partial charge in [-0.2, -0.15) is 8.42 Å². The van der Waals surface area contributed by atoms with Crippen LogP contribution in [0.15, 0.2) is 79.7 Å². The highest BCUT2D eigenvalue weighted by molar-refractivity contribution is 7.85. The lowest BCUT2D eigenvalue weighted by atomic mass is 10.1. The first-order chi connectivity index (χ1) is 20.8. The van der Waals surface area contributed by atoms with E-state index in [0.717, 1.165) is 40.9 Å². The van der Waals surface area contributed by atoms with Crippen molar-refractivity contribution in [2.45, 2.75) is 0 Å². The first kappa shape index (κ1) is 33.8. The van der Waals surface area contributed by atoms with Crippen molar-refractivity contribution in [1.82, 2.24) is 19.4 Å². The predicted molar refractivity (Wildman–Crippen MR) is 177 cm³/mol. The molecule has 12 nitrogen and oxygen atoms in total. The zero-order valence-electron chi connectivity index (χ0n) is 25.8. The number of carbonyl (C=O) groups excluding carboxylic acids is 1. The average molecular weight is 622 g/mol. The minimum Gasteiger partial charge on any atom is -0.494 e. The number of para-hydroxylation sites is 1. The van der Waals surface area contributed by atoms with E-state index < -0.39 is 10.1 Å². The second-order valence-corrected chi connectivity index (χ2v) is 11.6. The number of nitrogens with zero attached hydrogens (tertiary/aromatic N) is 5. The van der Waals surface area contributed by atoms with Crippen LogP contribution in [0, 0.1) is 0 Å². The van der Waals surface area contributed by atoms with Crippen LogP contribution in [0.1, 0.15) is 0 Å². The van der Waals surface area contributed by atoms with E-state index in [1.165, 1.54) is 6.08 Å². The van der Waals surface area contributed by atoms with E-state index in [4.69, 9.17) is 14.3 Å². The molecule has 0 saturated carbocycles. The van der Waals surface area contributed by atoms with Crippen LogP contribution in [-0.2, 0) is 22.0 Å². The van der Waals surface area contributed by atoms with Gasteiger partial charge in [0.05, 0.1) is 36.1 Å². The fraction of sp³-hybridized carbons (Fsp3) is 0.258. The number of amides is 1. The molecule has 1 amide bonds. The molecule has 4 aromatic rings. The Hall–Kier alpha value is -4.72. The molecule has 0 unspecified atom stereocenters. The summed E-state index contributed by atoms with van der Waals surface area (Å²) in [4.78, 5) is 26.0. The van der Waals surface area contributed by atoms with Gasteiger partial charge in [0.1, 0.15) is 5.75 Å². The number of ether oxygens (including phenoxy) is 1. The van der Waals surface area contributed by atoms with Gasteiger partial charge < -0.3 is 29.7 Å². The number of allylic oxidation sites excluding steroid dienone is 2. The van der Waals surface area contributed by atoms with Gasteiger partial charge in [-0.25, -0.2) is 9.97 Å². The largest absolute Gasteiger partial charge is 0.494 e. The van der Waals surface area contributed by atoms with Crippen molar-refractivity contribution in [3.8, 4) is 17.0 Å². The van der Waals surface area contributed by atoms with Crippen LogP contribution in [0.3, 0.4) is 0 Å². The molecule has 4 rings (SSSR count). The topological polar surface area (TPSA) is 142 Å². The maximum absolute atomic E-state index is 12.6. The Labute approximate surface area is 258 Å². The first-order valence-electron chi connectivity index (χ1n) is 13.6. The quantitative estimate of drug-likeness (QED) is 0.124. The van der Waals surface area contributed by atoms with E-state index in [9.17, 15) is 13.2 Å². The number of carbonyl (C=O) groups is 1. The highest BCUT2D eigenvalue weighted by Gasteiger charge is 2.17. The van der Waals surface area contributed by atoms with Gasteiger partial charge in [-0.15, -0.1) is 0 Å². The summed E-state index contributed by atoms with van der Waals surface area (Å²) in [5, 5.41) is 7.39. The Balaban J connectivity index is 0.000000978. The summed E-state index contributed by atoms with van der Waals surface area (Å²) in [6, 6.07) is 13.9. The standard InChI is InChI=1S/C30H35N7O2.CH4O3S/c1-7-8-13-29(38)32-24-18-25(28(39-6)19-27(24)36(4)17-16-35(2)3)34-30-31-15-14-23(33-30)22-20-37(5)26-12-10-9-11-21(22)26;1-5(2,3)4/h7-15,18-20H,1,16-17H2,2-6H3,(H,32,38)(H,31,33,34);1H3,(H,2,3,4)/b13-8-;. The van der Waals surface area contributed by atoms with Gasteiger partial charge in [-0.05, 0) is 32.3 Å². The number of benzene rings is 2. The molecule has 0 aliphatic rings. The molecule has 3 N–H and O–H groups in total. The lowest BCUT2D eigenvalue weighted by molar-refractivity contribution is -0.111. The summed E-state index contributed by atoms with van der Waals surface area (Å²) in [6.45, 7) is 5.23. The van der Waals surface area contributed by atoms with Crippen LogP contribution in [-0.4, -0.2) is 85.9 Å². The van der Waals surface area contributed by atoms with Gasteiger partial charge in [0.15, 0.2) is 0 Å². The molecule has 44 heavy (non-hydrogen) atoms. The van der Waals surface area contributed by atoms with E-state index in [0.29, 0.717) is 29.3 Å². The van der Waals surface area contributed by atoms with Crippen molar-refractivity contribution in [3.05, 3.63) is 79.7 Å². The minimum absolute atomic E-state index is 0.262. The van der Waals surface area contributed by atoms with Crippen molar-refractivity contribution >= 4 is 49.9 Å². The number of rotatable bonds is 11. The highest BCUT2D eigenvalue weighted by Crippen LogP contribution is 2.38. The zero-order valence-corrected chi connectivity index (χ0v) is 26.6. The summed E-state index contributed by atoms with van der Waals surface area (Å²) >= 11 is 0. The second-order valence-electron chi connectivity index (χ2n) is 10.2. The smallest absolute Gasteiger partial charge is 0.261 e. The lowest BCUT2D eigenvalue weighted by Gasteiger charge is -2.26. The van der Waals surface area contributed by atoms with Crippen LogP contribution in [0.5, 0.6) is 5.75 Å². The Morgan fingerprint density at radius 2 is 1.84 bits per heavy atom. The Morgan fingerprint density at radius 1 is 1.14 bits per heavy atom. The van der Waals surface area contributed by atoms with Gasteiger partial charge in [-0.1, -0.05) is 36.9 Å². The van der Waals surface area contributed by atoms with Crippen LogP contribution < -0.4 is 20.3 Å². The average Bonchev–Trinajstić information content (AvgIpc) is 3.30. The van der Waals surface area contributed by atoms with Gasteiger partial charge in [0.2, 0.25) is 11.9 Å². The molecule has 0 radical (unpaired) electrons. The molecule has 0 aliphatic heterocycles. The molecule has 0 aliphatic carbocycles. The summed E-state index contributed by atoms with van der Waals surface area (Å²) in [6.07, 6.45) is 9.11. The van der Waals surface area contributed by atoms with Gasteiger partial charge >= 0.3 is 0 Å². The third kappa shape index (κ3) is 9.66. The molecule has 0 spiro atoms. The summed E-state index contributed by atoms with van der Waals surface area (Å²) < 4.78 is 33.7. The number of hydrogen-bond donors (Lipinski definition) is 3. The second kappa shape index (κ2) is 15.1. The molecule has 0 bridgehead atoms. The summed E-state index contributed by atoms with van der Waals surface area (Å²) in [5.41, 5.74) is 5.02. The summed E-state index contributed by atoms with van der Waals surface area (Å²) in [7, 11) is 6.00. The fourth-order valence-electron chi connectivity index (χ4n) is 4.29. The number of aryl methyl sites for hydroxylation is 1. The monoisotopic (exact) mass is 621 g/mol. The number of aromatic nitrogens is 3. The molecule has 0 fully saturated rings. The Morgan fingerprint density at radius 3 is 2.50 bits per heavy atom. The van der Waals surface area contributed by atoms with E-state index in [1.807, 2.05) is 58.5 Å². The van der Waals surface area contributed by atoms with Gasteiger partial charge in [-0.3, -0.25) is 9.35 Å². The van der Waals surface area contributed by atoms with Crippen molar-refractivity contribution in [1.29, 1.82) is 0 Å². The molecule has 234 valence electrons. The highest BCUT2D eigenvalue weighted by atomic mass is 32.2. The van der Waals surface area contributed by atoms with E-state index in [1.54, 1.807) is 25.5 Å². The molecule has 2 aromatic heterocycles. The number of anilines is 4. The van der Waals surface area contributed by atoms with Crippen LogP contribution in [0.2, 0.25) is 0 Å². The molecule has 2 aromatic carbocycles. The Bertz CT molecular complexity index is 1740. The zero-order chi connectivity index (χ0) is 32.4. The fourth-order valence-corrected chi connectivity index (χ4v) is 4.29. The number of likely N-dealkylation sites (N-methyl/N-ethyl adjacent to an activating group) is 2. The third-order valence-electron chi connectivity index (χ3n) is 6.33. The first-order valence-corrected chi connectivity index (χ1v) is 15.4. The van der Waals surface area contributed by atoms with Crippen LogP contribution in [0.25, 0.3) is 22.2 Å². The SMILES string of the molecule is C=C/C=C\C(=O)Nc1cc(Nc2nccc(-c3cn(C)c4ccccc34)n2)c(OC)cc1N(C)CCN(C)C.CS(=O)(=O)O. The molecular weight excluding hydrogens is 582 g/mol. The van der Waals surface area contributed by atoms with E-state index in [2.05, 4.69) is 54.9 Å². The molecule has 0 atom stereocenters. The number of methoxy groups -OCH3 is 1. The van der Waals surface area contributed by atoms with Gasteiger partial charge in [0.25, 0.3) is 10.1 Å². The predicted octanol–water partition coefficient (Wildman–Crippen LogP) is 4.57. The van der Waals surface area contributed by atoms with Crippen LogP contribution >= 0.6 is 0 Å². The minimum atomic E-state index is -3.67. The molecule has 0 saturated heterocycles. The maximum atomic E-state index is 12.6. The lowest BCUT2D eigenvalue weighted by Crippen LogP contribution is -2.29. The van der Waals surface area contributed by atoms with Crippen LogP contribution in [0.4, 0.5) is 23.0 Å². The number of hydrogen-bond acceptors (Lipinski definition) is 9. The number of fused-ring (bicyclic) bond motifs is 1. The van der Waals surface area contributed by atoms with Gasteiger partial charge in [0, 0.05) is 68.2 Å². The normalized spacial score (nSPS) is 11.3. The molecule has 2 heterocycles. The number of nitrogens with one attached hydrogen (secondary N) is 2. The molecular formula is C31H39N7O5S. The maximum Gasteiger partial charge on any atom is 0.261 e. The molecule has 13 heteroatoms. The van der Waals surface area contributed by atoms with Crippen molar-refractivity contribution in [2.24, 2.45) is 7.05 Å².